The quantitative estimate of drug-likeness (QED) is 0.801. The number of hydrogen-bond donors (Lipinski definition) is 1. The summed E-state index contributed by atoms with van der Waals surface area (Å²) in [6.07, 6.45) is 0. The van der Waals surface area contributed by atoms with Crippen LogP contribution >= 0.6 is 11.3 Å². The van der Waals surface area contributed by atoms with Crippen molar-refractivity contribution >= 4 is 11.3 Å². The molecule has 1 aliphatic heterocycles. The molecule has 13 heavy (non-hydrogen) atoms. The van der Waals surface area contributed by atoms with E-state index in [0.29, 0.717) is 12.1 Å². The predicted octanol–water partition coefficient (Wildman–Crippen LogP) is 2.11. The van der Waals surface area contributed by atoms with E-state index >= 15 is 0 Å². The number of nitrogens with one attached hydrogen (secondary N) is 1. The summed E-state index contributed by atoms with van der Waals surface area (Å²) in [6.45, 7) is 6.10. The molecule has 0 saturated carbocycles. The second-order valence-electron chi connectivity index (χ2n) is 3.57. The summed E-state index contributed by atoms with van der Waals surface area (Å²) in [4.78, 5) is 2.80. The van der Waals surface area contributed by atoms with Crippen LogP contribution in [-0.2, 0) is 4.74 Å². The van der Waals surface area contributed by atoms with Crippen LogP contribution in [0.1, 0.15) is 22.7 Å². The molecule has 3 heteroatoms. The molecule has 2 rings (SSSR count). The monoisotopic (exact) mass is 197 g/mol. The zero-order valence-corrected chi connectivity index (χ0v) is 8.86. The third kappa shape index (κ3) is 2.10. The fraction of sp³-hybridized carbons (Fsp3) is 0.600. The Morgan fingerprint density at radius 3 is 2.77 bits per heavy atom. The third-order valence-electron chi connectivity index (χ3n) is 2.31. The minimum Gasteiger partial charge on any atom is -0.378 e. The molecular weight excluding hydrogens is 182 g/mol. The largest absolute Gasteiger partial charge is 0.378 e. The molecule has 2 nitrogen and oxygen atoms in total. The molecule has 0 aromatic carbocycles. The van der Waals surface area contributed by atoms with Gasteiger partial charge in [-0.1, -0.05) is 0 Å². The van der Waals surface area contributed by atoms with Gasteiger partial charge in [0, 0.05) is 15.8 Å². The molecule has 1 aliphatic rings. The lowest BCUT2D eigenvalue weighted by Gasteiger charge is -2.29. The maximum absolute atomic E-state index is 5.12. The van der Waals surface area contributed by atoms with Gasteiger partial charge in [0.05, 0.1) is 19.3 Å². The fourth-order valence-electron chi connectivity index (χ4n) is 1.45. The van der Waals surface area contributed by atoms with Crippen molar-refractivity contribution in [2.45, 2.75) is 25.9 Å². The summed E-state index contributed by atoms with van der Waals surface area (Å²) in [7, 11) is 0. The van der Waals surface area contributed by atoms with Crippen LogP contribution in [0.4, 0.5) is 0 Å². The Hall–Kier alpha value is -0.380. The Morgan fingerprint density at radius 2 is 2.31 bits per heavy atom. The number of thiophene rings is 1. The molecule has 0 amide bonds. The van der Waals surface area contributed by atoms with Gasteiger partial charge in [0.1, 0.15) is 0 Å². The summed E-state index contributed by atoms with van der Waals surface area (Å²) in [5, 5.41) is 3.53. The first kappa shape index (κ1) is 9.19. The summed E-state index contributed by atoms with van der Waals surface area (Å²) < 4.78 is 5.12. The van der Waals surface area contributed by atoms with Gasteiger partial charge in [-0.25, -0.2) is 0 Å². The normalized spacial score (nSPS) is 19.8. The molecule has 1 saturated heterocycles. The molecule has 72 valence electrons. The molecule has 0 aliphatic carbocycles. The second-order valence-corrected chi connectivity index (χ2v) is 4.89. The summed E-state index contributed by atoms with van der Waals surface area (Å²) in [5.74, 6) is 0. The molecule has 1 aromatic rings. The zero-order valence-electron chi connectivity index (χ0n) is 8.04. The van der Waals surface area contributed by atoms with E-state index in [-0.39, 0.29) is 0 Å². The van der Waals surface area contributed by atoms with Crippen LogP contribution in [0.3, 0.4) is 0 Å². The number of ether oxygens (including phenoxy) is 1. The van der Waals surface area contributed by atoms with E-state index in [1.807, 2.05) is 11.3 Å². The van der Waals surface area contributed by atoms with Gasteiger partial charge in [0.2, 0.25) is 0 Å². The molecule has 0 bridgehead atoms. The van der Waals surface area contributed by atoms with E-state index in [9.17, 15) is 0 Å². The van der Waals surface area contributed by atoms with E-state index in [0.717, 1.165) is 13.2 Å². The highest BCUT2D eigenvalue weighted by Gasteiger charge is 2.20. The van der Waals surface area contributed by atoms with Crippen LogP contribution in [0.15, 0.2) is 12.1 Å². The van der Waals surface area contributed by atoms with E-state index < -0.39 is 0 Å². The fourth-order valence-corrected chi connectivity index (χ4v) is 2.34. The Bertz CT molecular complexity index is 280. The van der Waals surface area contributed by atoms with Crippen molar-refractivity contribution in [3.05, 3.63) is 21.9 Å². The lowest BCUT2D eigenvalue weighted by atomic mass is 10.2. The lowest BCUT2D eigenvalue weighted by Crippen LogP contribution is -2.46. The minimum atomic E-state index is 0.465. The molecule has 0 spiro atoms. The van der Waals surface area contributed by atoms with E-state index in [1.54, 1.807) is 0 Å². The topological polar surface area (TPSA) is 21.3 Å². The lowest BCUT2D eigenvalue weighted by molar-refractivity contribution is -0.00909. The first-order valence-electron chi connectivity index (χ1n) is 4.66. The Kier molecular flexibility index (Phi) is 2.67. The Labute approximate surface area is 82.9 Å². The van der Waals surface area contributed by atoms with Crippen molar-refractivity contribution in [1.82, 2.24) is 5.32 Å². The van der Waals surface area contributed by atoms with E-state index in [2.05, 4.69) is 31.3 Å². The zero-order chi connectivity index (χ0) is 9.26. The van der Waals surface area contributed by atoms with Gasteiger partial charge in [-0.3, -0.25) is 0 Å². The maximum Gasteiger partial charge on any atom is 0.0643 e. The highest BCUT2D eigenvalue weighted by molar-refractivity contribution is 7.12. The molecule has 1 fully saturated rings. The van der Waals surface area contributed by atoms with Crippen LogP contribution in [0, 0.1) is 6.92 Å². The molecule has 0 radical (unpaired) electrons. The van der Waals surface area contributed by atoms with Crippen LogP contribution < -0.4 is 5.32 Å². The average molecular weight is 197 g/mol. The number of rotatable bonds is 3. The summed E-state index contributed by atoms with van der Waals surface area (Å²) in [5.41, 5.74) is 0. The summed E-state index contributed by atoms with van der Waals surface area (Å²) in [6, 6.07) is 5.41. The predicted molar refractivity (Wildman–Crippen MR) is 55.2 cm³/mol. The van der Waals surface area contributed by atoms with Crippen molar-refractivity contribution in [3.8, 4) is 0 Å². The number of aryl methyl sites for hydroxylation is 1. The molecular formula is C10H15NOS. The average Bonchev–Trinajstić information content (AvgIpc) is 2.44. The smallest absolute Gasteiger partial charge is 0.0643 e. The van der Waals surface area contributed by atoms with E-state index in [4.69, 9.17) is 4.74 Å². The Morgan fingerprint density at radius 1 is 1.54 bits per heavy atom. The van der Waals surface area contributed by atoms with Gasteiger partial charge < -0.3 is 10.1 Å². The first-order valence-corrected chi connectivity index (χ1v) is 5.47. The van der Waals surface area contributed by atoms with Gasteiger partial charge >= 0.3 is 0 Å². The van der Waals surface area contributed by atoms with Gasteiger partial charge in [-0.05, 0) is 26.0 Å². The molecule has 1 unspecified atom stereocenters. The standard InChI is InChI=1S/C10H15NOS/c1-7-3-4-10(13-7)8(2)11-9-5-12-6-9/h3-4,8-9,11H,5-6H2,1-2H3. The summed E-state index contributed by atoms with van der Waals surface area (Å²) >= 11 is 1.87. The third-order valence-corrected chi connectivity index (χ3v) is 3.50. The minimum absolute atomic E-state index is 0.465. The Balaban J connectivity index is 1.92. The van der Waals surface area contributed by atoms with Gasteiger partial charge in [-0.2, -0.15) is 0 Å². The second kappa shape index (κ2) is 3.78. The highest BCUT2D eigenvalue weighted by Crippen LogP contribution is 2.23. The van der Waals surface area contributed by atoms with E-state index in [1.165, 1.54) is 9.75 Å². The SMILES string of the molecule is Cc1ccc(C(C)NC2COC2)s1. The van der Waals surface area contributed by atoms with Crippen molar-refractivity contribution in [2.75, 3.05) is 13.2 Å². The molecule has 2 heterocycles. The van der Waals surface area contributed by atoms with Crippen molar-refractivity contribution in [1.29, 1.82) is 0 Å². The molecule has 1 N–H and O–H groups in total. The first-order chi connectivity index (χ1) is 6.25. The molecule has 1 atom stereocenters. The maximum atomic E-state index is 5.12. The van der Waals surface area contributed by atoms with Crippen molar-refractivity contribution in [3.63, 3.8) is 0 Å². The van der Waals surface area contributed by atoms with Gasteiger partial charge in [0.15, 0.2) is 0 Å². The van der Waals surface area contributed by atoms with Crippen molar-refractivity contribution in [2.24, 2.45) is 0 Å². The van der Waals surface area contributed by atoms with Gasteiger partial charge in [0.25, 0.3) is 0 Å². The van der Waals surface area contributed by atoms with Crippen LogP contribution in [-0.4, -0.2) is 19.3 Å². The molecule has 1 aromatic heterocycles. The van der Waals surface area contributed by atoms with Crippen LogP contribution in [0.5, 0.6) is 0 Å². The van der Waals surface area contributed by atoms with Crippen LogP contribution in [0.25, 0.3) is 0 Å². The van der Waals surface area contributed by atoms with Crippen LogP contribution in [0.2, 0.25) is 0 Å². The van der Waals surface area contributed by atoms with Gasteiger partial charge in [-0.15, -0.1) is 11.3 Å². The number of hydrogen-bond acceptors (Lipinski definition) is 3. The highest BCUT2D eigenvalue weighted by atomic mass is 32.1. The van der Waals surface area contributed by atoms with Crippen molar-refractivity contribution < 1.29 is 4.74 Å².